The third-order valence-corrected chi connectivity index (χ3v) is 13.2. The van der Waals surface area contributed by atoms with Crippen LogP contribution in [0.5, 0.6) is 46.0 Å². The predicted molar refractivity (Wildman–Crippen MR) is 274 cm³/mol. The molecule has 6 aromatic rings. The molecule has 2 atom stereocenters. The molecule has 370 valence electrons. The Morgan fingerprint density at radius 3 is 1.44 bits per heavy atom. The van der Waals surface area contributed by atoms with Crippen molar-refractivity contribution in [3.05, 3.63) is 154 Å². The van der Waals surface area contributed by atoms with Crippen LogP contribution in [0.4, 0.5) is 16.2 Å². The van der Waals surface area contributed by atoms with Gasteiger partial charge in [0.15, 0.2) is 23.0 Å². The van der Waals surface area contributed by atoms with Gasteiger partial charge in [-0.05, 0) is 130 Å². The number of nitrogens with one attached hydrogen (secondary N) is 1. The van der Waals surface area contributed by atoms with Crippen molar-refractivity contribution >= 4 is 28.6 Å². The van der Waals surface area contributed by atoms with Gasteiger partial charge in [0.1, 0.15) is 18.1 Å². The number of ether oxygens (including phenoxy) is 9. The number of carbonyl (C=O) groups is 1. The topological polar surface area (TPSA) is 179 Å². The molecule has 0 radical (unpaired) electrons. The minimum Gasteiger partial charge on any atom is -0.495 e. The lowest BCUT2D eigenvalue weighted by Crippen LogP contribution is -2.18. The van der Waals surface area contributed by atoms with Crippen LogP contribution >= 0.6 is 0 Å². The second-order valence-corrected chi connectivity index (χ2v) is 17.0. The van der Waals surface area contributed by atoms with Crippen molar-refractivity contribution in [1.29, 1.82) is 0 Å². The Labute approximate surface area is 414 Å². The molecule has 0 saturated heterocycles. The van der Waals surface area contributed by atoms with Gasteiger partial charge in [0.05, 0.1) is 80.5 Å². The fourth-order valence-corrected chi connectivity index (χ4v) is 9.85. The highest BCUT2D eigenvalue weighted by Gasteiger charge is 2.31. The first-order chi connectivity index (χ1) is 34.5. The highest BCUT2D eigenvalue weighted by molar-refractivity contribution is 5.92. The largest absolute Gasteiger partial charge is 0.495 e. The molecule has 0 aromatic heterocycles. The quantitative estimate of drug-likeness (QED) is 0.0805. The monoisotopic (exact) mass is 964 g/mol. The molecular weight excluding hydrogens is 905 g/mol. The molecule has 9 rings (SSSR count). The van der Waals surface area contributed by atoms with Crippen molar-refractivity contribution in [3.8, 4) is 57.1 Å². The number of aliphatic hydroxyl groups excluding tert-OH is 2. The van der Waals surface area contributed by atoms with Gasteiger partial charge in [-0.25, -0.2) is 4.79 Å². The first kappa shape index (κ1) is 49.6. The van der Waals surface area contributed by atoms with Gasteiger partial charge in [-0.3, -0.25) is 5.32 Å². The molecule has 0 unspecified atom stereocenters. The van der Waals surface area contributed by atoms with E-state index in [1.807, 2.05) is 78.9 Å². The van der Waals surface area contributed by atoms with Crippen molar-refractivity contribution in [2.24, 2.45) is 0 Å². The van der Waals surface area contributed by atoms with Crippen LogP contribution in [0.2, 0.25) is 0 Å². The van der Waals surface area contributed by atoms with Gasteiger partial charge < -0.3 is 58.6 Å². The lowest BCUT2D eigenvalue weighted by atomic mass is 9.92. The minimum absolute atomic E-state index is 0.0579. The first-order valence-electron chi connectivity index (χ1n) is 23.2. The third kappa shape index (κ3) is 9.86. The summed E-state index contributed by atoms with van der Waals surface area (Å²) in [5, 5.41) is 24.2. The van der Waals surface area contributed by atoms with Crippen molar-refractivity contribution in [1.82, 2.24) is 0 Å². The summed E-state index contributed by atoms with van der Waals surface area (Å²) in [6.45, 7) is 0.189. The Balaban J connectivity index is 0.000000214. The van der Waals surface area contributed by atoms with E-state index in [0.29, 0.717) is 83.1 Å². The number of fused-ring (bicyclic) bond motifs is 5. The molecule has 1 amide bonds. The number of nitrogen functional groups attached to an aromatic ring is 1. The van der Waals surface area contributed by atoms with Gasteiger partial charge in [-0.15, -0.1) is 0 Å². The number of amides is 1. The molecule has 0 bridgehead atoms. The number of hydrogen-bond acceptors (Lipinski definition) is 13. The second-order valence-electron chi connectivity index (χ2n) is 17.0. The molecule has 0 aliphatic heterocycles. The molecule has 5 N–H and O–H groups in total. The summed E-state index contributed by atoms with van der Waals surface area (Å²) < 4.78 is 50.3. The lowest BCUT2D eigenvalue weighted by molar-refractivity contribution is 0.158. The van der Waals surface area contributed by atoms with E-state index in [1.165, 1.54) is 0 Å². The molecule has 3 aliphatic carbocycles. The Kier molecular flexibility index (Phi) is 15.3. The number of anilines is 2. The molecule has 3 aliphatic rings. The highest BCUT2D eigenvalue weighted by Crippen LogP contribution is 2.49. The zero-order chi connectivity index (χ0) is 50.3. The lowest BCUT2D eigenvalue weighted by Gasteiger charge is -2.21. The molecule has 14 heteroatoms. The van der Waals surface area contributed by atoms with Crippen LogP contribution in [0.3, 0.4) is 0 Å². The van der Waals surface area contributed by atoms with Gasteiger partial charge in [-0.2, -0.15) is 0 Å². The maximum absolute atomic E-state index is 13.2. The van der Waals surface area contributed by atoms with E-state index >= 15 is 0 Å². The number of nitrogens with two attached hydrogens (primary N) is 1. The molecule has 71 heavy (non-hydrogen) atoms. The zero-order valence-corrected chi connectivity index (χ0v) is 41.2. The SMILES string of the molecule is COc1ccc(C2=C[C@@H](O)CCc3c2cc(OC)c(OC)c3OC)cc1N.COc1ccc(C2=C[C@@H](O)CCc3c2cc(OC)c(OC)c3OC)cc1NC(=O)OCC1c2ccccc2-c2ccccc21. The second kappa shape index (κ2) is 21.9. The smallest absolute Gasteiger partial charge is 0.411 e. The van der Waals surface area contributed by atoms with Crippen LogP contribution in [0.1, 0.15) is 63.3 Å². The number of hydrogen-bond donors (Lipinski definition) is 4. The van der Waals surface area contributed by atoms with Crippen LogP contribution in [0, 0.1) is 0 Å². The van der Waals surface area contributed by atoms with Crippen LogP contribution in [0.25, 0.3) is 22.3 Å². The summed E-state index contributed by atoms with van der Waals surface area (Å²) in [7, 11) is 12.6. The molecule has 6 aromatic carbocycles. The van der Waals surface area contributed by atoms with E-state index in [4.69, 9.17) is 48.4 Å². The Morgan fingerprint density at radius 2 is 0.986 bits per heavy atom. The molecule has 14 nitrogen and oxygen atoms in total. The van der Waals surface area contributed by atoms with Gasteiger partial charge in [0, 0.05) is 17.0 Å². The number of aliphatic hydroxyl groups is 2. The normalized spacial score (nSPS) is 15.5. The van der Waals surface area contributed by atoms with E-state index < -0.39 is 18.3 Å². The third-order valence-electron chi connectivity index (χ3n) is 13.2. The average molecular weight is 965 g/mol. The van der Waals surface area contributed by atoms with E-state index in [9.17, 15) is 15.0 Å². The molecule has 0 heterocycles. The van der Waals surface area contributed by atoms with Crippen LogP contribution < -0.4 is 48.9 Å². The Hall–Kier alpha value is -7.81. The predicted octanol–water partition coefficient (Wildman–Crippen LogP) is 9.86. The molecule has 0 spiro atoms. The van der Waals surface area contributed by atoms with Gasteiger partial charge in [0.25, 0.3) is 0 Å². The molecule has 0 fully saturated rings. The van der Waals surface area contributed by atoms with Crippen LogP contribution in [-0.4, -0.2) is 92.0 Å². The number of benzene rings is 6. The molecular formula is C57H60N2O12. The fourth-order valence-electron chi connectivity index (χ4n) is 9.85. The Morgan fingerprint density at radius 1 is 0.535 bits per heavy atom. The van der Waals surface area contributed by atoms with Crippen molar-refractivity contribution in [2.75, 3.05) is 74.5 Å². The van der Waals surface area contributed by atoms with Crippen molar-refractivity contribution in [3.63, 3.8) is 0 Å². The zero-order valence-electron chi connectivity index (χ0n) is 41.2. The van der Waals surface area contributed by atoms with Gasteiger partial charge in [-0.1, -0.05) is 60.7 Å². The van der Waals surface area contributed by atoms with Crippen LogP contribution in [0.15, 0.2) is 109 Å². The van der Waals surface area contributed by atoms with Gasteiger partial charge >= 0.3 is 6.09 Å². The summed E-state index contributed by atoms with van der Waals surface area (Å²) in [6, 6.07) is 31.3. The molecule has 0 saturated carbocycles. The first-order valence-corrected chi connectivity index (χ1v) is 23.2. The number of methoxy groups -OCH3 is 8. The van der Waals surface area contributed by atoms with Crippen molar-refractivity contribution in [2.45, 2.75) is 43.8 Å². The standard InChI is InChI=1S/C36H35NO7.C21H25NO5/c1-40-32-16-13-21(28-18-22(38)14-15-27-29(28)19-33(41-2)35(43-4)34(27)42-3)17-31(32)37-36(39)44-20-30-25-11-7-5-9-23(25)24-10-6-8-12-26(24)30;1-24-18-8-5-12(9-17(18)22)15-10-13(23)6-7-14-16(15)11-19(25-2)21(27-4)20(14)26-3/h5-13,16-19,22,30,38H,14-15,20H2,1-4H3,(H,37,39);5,8-11,13,23H,6-7,22H2,1-4H3/t22-;13-/m00/s1. The van der Waals surface area contributed by atoms with Crippen LogP contribution in [-0.2, 0) is 17.6 Å². The van der Waals surface area contributed by atoms with E-state index in [1.54, 1.807) is 62.9 Å². The number of carbonyl (C=O) groups excluding carboxylic acids is 1. The summed E-state index contributed by atoms with van der Waals surface area (Å²) in [5.41, 5.74) is 18.6. The van der Waals surface area contributed by atoms with Crippen molar-refractivity contribution < 1.29 is 57.6 Å². The summed E-state index contributed by atoms with van der Waals surface area (Å²) in [5.74, 6) is 4.33. The highest BCUT2D eigenvalue weighted by atomic mass is 16.6. The average Bonchev–Trinajstić information content (AvgIpc) is 3.47. The van der Waals surface area contributed by atoms with Gasteiger partial charge in [0.2, 0.25) is 11.5 Å². The minimum atomic E-state index is -0.695. The fraction of sp³-hybridized carbons (Fsp3) is 0.281. The number of rotatable bonds is 13. The summed E-state index contributed by atoms with van der Waals surface area (Å²) in [4.78, 5) is 13.2. The maximum atomic E-state index is 13.2. The Bertz CT molecular complexity index is 2950. The summed E-state index contributed by atoms with van der Waals surface area (Å²) >= 11 is 0. The van der Waals surface area contributed by atoms with E-state index in [0.717, 1.165) is 66.8 Å². The van der Waals surface area contributed by atoms with E-state index in [2.05, 4.69) is 29.6 Å². The van der Waals surface area contributed by atoms with E-state index in [-0.39, 0.29) is 12.5 Å². The summed E-state index contributed by atoms with van der Waals surface area (Å²) in [6.07, 6.45) is 4.08. The maximum Gasteiger partial charge on any atom is 0.411 e.